The third-order valence-electron chi connectivity index (χ3n) is 4.17. The molecule has 3 rings (SSSR count). The van der Waals surface area contributed by atoms with Crippen molar-refractivity contribution in [1.29, 1.82) is 0 Å². The number of nitro groups is 1. The van der Waals surface area contributed by atoms with Gasteiger partial charge in [0, 0.05) is 17.0 Å². The quantitative estimate of drug-likeness (QED) is 0.626. The van der Waals surface area contributed by atoms with Crippen LogP contribution in [0.4, 0.5) is 16.4 Å². The van der Waals surface area contributed by atoms with Gasteiger partial charge in [-0.05, 0) is 36.8 Å². The van der Waals surface area contributed by atoms with Gasteiger partial charge in [0.05, 0.1) is 26.2 Å². The Morgan fingerprint density at radius 3 is 2.96 bits per heavy atom. The molecule has 24 heavy (non-hydrogen) atoms. The highest BCUT2D eigenvalue weighted by Crippen LogP contribution is 2.38. The van der Waals surface area contributed by atoms with Gasteiger partial charge in [0.25, 0.3) is 11.6 Å². The fourth-order valence-corrected chi connectivity index (χ4v) is 4.37. The molecule has 1 aromatic carbocycles. The number of carbonyl (C=O) groups excluding carboxylic acids is 1. The van der Waals surface area contributed by atoms with Crippen LogP contribution in [-0.2, 0) is 12.8 Å². The third kappa shape index (κ3) is 3.09. The van der Waals surface area contributed by atoms with E-state index in [1.54, 1.807) is 0 Å². The molecule has 1 aliphatic rings. The van der Waals surface area contributed by atoms with E-state index in [9.17, 15) is 14.9 Å². The van der Waals surface area contributed by atoms with Gasteiger partial charge in [0.1, 0.15) is 0 Å². The summed E-state index contributed by atoms with van der Waals surface area (Å²) in [4.78, 5) is 24.2. The van der Waals surface area contributed by atoms with Crippen molar-refractivity contribution in [2.24, 2.45) is 5.92 Å². The third-order valence-corrected chi connectivity index (χ3v) is 5.59. The Kier molecular flexibility index (Phi) is 4.47. The molecule has 6 nitrogen and oxygen atoms in total. The summed E-state index contributed by atoms with van der Waals surface area (Å²) in [6, 6.07) is 3.93. The number of anilines is 2. The number of benzene rings is 1. The predicted molar refractivity (Wildman–Crippen MR) is 96.0 cm³/mol. The summed E-state index contributed by atoms with van der Waals surface area (Å²) in [6.07, 6.45) is 2.76. The van der Waals surface area contributed by atoms with E-state index >= 15 is 0 Å². The average molecular weight is 366 g/mol. The zero-order chi connectivity index (χ0) is 17.4. The zero-order valence-corrected chi connectivity index (χ0v) is 14.5. The summed E-state index contributed by atoms with van der Waals surface area (Å²) < 4.78 is 0. The van der Waals surface area contributed by atoms with Gasteiger partial charge < -0.3 is 11.1 Å². The normalized spacial score (nSPS) is 16.5. The second kappa shape index (κ2) is 6.41. The molecule has 1 aromatic heterocycles. The maximum atomic E-state index is 12.7. The first kappa shape index (κ1) is 16.7. The van der Waals surface area contributed by atoms with E-state index in [1.807, 2.05) is 0 Å². The number of thiophene rings is 1. The first-order valence-electron chi connectivity index (χ1n) is 7.52. The number of amides is 1. The van der Waals surface area contributed by atoms with Crippen molar-refractivity contribution in [3.63, 3.8) is 0 Å². The van der Waals surface area contributed by atoms with Gasteiger partial charge >= 0.3 is 0 Å². The monoisotopic (exact) mass is 365 g/mol. The smallest absolute Gasteiger partial charge is 0.271 e. The largest absolute Gasteiger partial charge is 0.390 e. The van der Waals surface area contributed by atoms with Crippen LogP contribution in [0, 0.1) is 16.0 Å². The highest BCUT2D eigenvalue weighted by atomic mass is 35.5. The number of rotatable bonds is 3. The molecular formula is C16H16ClN3O3S. The lowest BCUT2D eigenvalue weighted by Gasteiger charge is -2.18. The number of halogens is 1. The molecule has 8 heteroatoms. The summed E-state index contributed by atoms with van der Waals surface area (Å²) in [5.41, 5.74) is 7.60. The zero-order valence-electron chi connectivity index (χ0n) is 13.0. The van der Waals surface area contributed by atoms with Crippen molar-refractivity contribution < 1.29 is 9.72 Å². The van der Waals surface area contributed by atoms with E-state index < -0.39 is 4.92 Å². The minimum absolute atomic E-state index is 0.135. The molecule has 0 aliphatic heterocycles. The fraction of sp³-hybridized carbons (Fsp3) is 0.312. The summed E-state index contributed by atoms with van der Waals surface area (Å²) in [5, 5.41) is 14.3. The van der Waals surface area contributed by atoms with Crippen molar-refractivity contribution in [2.45, 2.75) is 26.2 Å². The molecule has 0 fully saturated rings. The molecule has 1 amide bonds. The van der Waals surface area contributed by atoms with Gasteiger partial charge in [-0.15, -0.1) is 11.3 Å². The standard InChI is InChI=1S/C16H16ClN3O3S/c1-8-2-4-10-13(6-8)24-15(18)14(10)16(21)19-12-7-9(20(22)23)3-5-11(12)17/h3,5,7-8H,2,4,6,18H2,1H3,(H,19,21)/t8-/m1/s1. The van der Waals surface area contributed by atoms with Crippen LogP contribution in [0.1, 0.15) is 34.1 Å². The molecule has 3 N–H and O–H groups in total. The number of nitrogens with two attached hydrogens (primary N) is 1. The second-order valence-corrected chi connectivity index (χ2v) is 7.51. The number of carbonyl (C=O) groups is 1. The molecule has 1 atom stereocenters. The minimum atomic E-state index is -0.534. The molecule has 0 saturated carbocycles. The predicted octanol–water partition coefficient (Wildman–Crippen LogP) is 4.27. The number of nitrogen functional groups attached to an aromatic ring is 1. The first-order chi connectivity index (χ1) is 11.4. The van der Waals surface area contributed by atoms with E-state index in [4.69, 9.17) is 17.3 Å². The Morgan fingerprint density at radius 1 is 1.50 bits per heavy atom. The van der Waals surface area contributed by atoms with Gasteiger partial charge in [-0.1, -0.05) is 18.5 Å². The Balaban J connectivity index is 1.92. The number of hydrogen-bond donors (Lipinski definition) is 2. The van der Waals surface area contributed by atoms with Crippen molar-refractivity contribution in [3.05, 3.63) is 49.3 Å². The van der Waals surface area contributed by atoms with Crippen molar-refractivity contribution in [2.75, 3.05) is 11.1 Å². The molecule has 0 saturated heterocycles. The molecule has 1 heterocycles. The van der Waals surface area contributed by atoms with Crippen LogP contribution >= 0.6 is 22.9 Å². The highest BCUT2D eigenvalue weighted by molar-refractivity contribution is 7.16. The molecule has 2 aromatic rings. The highest BCUT2D eigenvalue weighted by Gasteiger charge is 2.27. The van der Waals surface area contributed by atoms with E-state index in [-0.39, 0.29) is 22.3 Å². The second-order valence-electron chi connectivity index (χ2n) is 5.97. The van der Waals surface area contributed by atoms with Crippen LogP contribution in [0.2, 0.25) is 5.02 Å². The van der Waals surface area contributed by atoms with Crippen molar-refractivity contribution in [3.8, 4) is 0 Å². The van der Waals surface area contributed by atoms with E-state index in [0.717, 1.165) is 29.7 Å². The summed E-state index contributed by atoms with van der Waals surface area (Å²) >= 11 is 7.49. The van der Waals surface area contributed by atoms with E-state index in [2.05, 4.69) is 12.2 Å². The number of hydrogen-bond acceptors (Lipinski definition) is 5. The fourth-order valence-electron chi connectivity index (χ4n) is 2.93. The average Bonchev–Trinajstić information content (AvgIpc) is 2.84. The number of nitro benzene ring substituents is 1. The molecule has 1 aliphatic carbocycles. The number of nitrogens with one attached hydrogen (secondary N) is 1. The van der Waals surface area contributed by atoms with E-state index in [1.165, 1.54) is 29.5 Å². The van der Waals surface area contributed by atoms with Gasteiger partial charge in [0.2, 0.25) is 0 Å². The molecule has 0 bridgehead atoms. The molecule has 0 spiro atoms. The van der Waals surface area contributed by atoms with Gasteiger partial charge in [0.15, 0.2) is 0 Å². The minimum Gasteiger partial charge on any atom is -0.390 e. The van der Waals surface area contributed by atoms with E-state index in [0.29, 0.717) is 16.5 Å². The Morgan fingerprint density at radius 2 is 2.25 bits per heavy atom. The first-order valence-corrected chi connectivity index (χ1v) is 8.71. The van der Waals surface area contributed by atoms with Gasteiger partial charge in [-0.25, -0.2) is 0 Å². The lowest BCUT2D eigenvalue weighted by Crippen LogP contribution is -2.17. The lowest BCUT2D eigenvalue weighted by molar-refractivity contribution is -0.384. The maximum absolute atomic E-state index is 12.7. The molecule has 126 valence electrons. The molecule has 0 radical (unpaired) electrons. The number of nitrogens with zero attached hydrogens (tertiary/aromatic N) is 1. The number of non-ortho nitro benzene ring substituents is 1. The summed E-state index contributed by atoms with van der Waals surface area (Å²) in [5.74, 6) is 0.208. The van der Waals surface area contributed by atoms with Gasteiger partial charge in [-0.3, -0.25) is 14.9 Å². The van der Waals surface area contributed by atoms with Crippen LogP contribution in [0.15, 0.2) is 18.2 Å². The Labute approximate surface area is 147 Å². The van der Waals surface area contributed by atoms with Crippen LogP contribution in [-0.4, -0.2) is 10.8 Å². The van der Waals surface area contributed by atoms with Gasteiger partial charge in [-0.2, -0.15) is 0 Å². The topological polar surface area (TPSA) is 98.3 Å². The summed E-state index contributed by atoms with van der Waals surface area (Å²) in [7, 11) is 0. The van der Waals surface area contributed by atoms with Crippen LogP contribution < -0.4 is 11.1 Å². The van der Waals surface area contributed by atoms with Crippen LogP contribution in [0.3, 0.4) is 0 Å². The lowest BCUT2D eigenvalue weighted by atomic mass is 9.88. The van der Waals surface area contributed by atoms with Crippen LogP contribution in [0.25, 0.3) is 0 Å². The Bertz CT molecular complexity index is 834. The van der Waals surface area contributed by atoms with Crippen LogP contribution in [0.5, 0.6) is 0 Å². The molecular weight excluding hydrogens is 350 g/mol. The summed E-state index contributed by atoms with van der Waals surface area (Å²) in [6.45, 7) is 2.18. The SMILES string of the molecule is C[C@@H]1CCc2c(sc(N)c2C(=O)Nc2cc([N+](=O)[O-])ccc2Cl)C1. The Hall–Kier alpha value is -2.12. The van der Waals surface area contributed by atoms with Crippen molar-refractivity contribution >= 4 is 45.2 Å². The van der Waals surface area contributed by atoms with Crippen molar-refractivity contribution in [1.82, 2.24) is 0 Å². The maximum Gasteiger partial charge on any atom is 0.271 e. The number of fused-ring (bicyclic) bond motifs is 1. The molecule has 0 unspecified atom stereocenters.